The van der Waals surface area contributed by atoms with Crippen LogP contribution < -0.4 is 19.1 Å². The number of para-hydroxylation sites is 4. The van der Waals surface area contributed by atoms with Crippen LogP contribution in [0.4, 0.5) is 11.4 Å². The van der Waals surface area contributed by atoms with E-state index in [2.05, 4.69) is 5.32 Å². The number of hydrogen-bond donors (Lipinski definition) is 1. The molecule has 1 N–H and O–H groups in total. The Bertz CT molecular complexity index is 1130. The Morgan fingerprint density at radius 2 is 1.52 bits per heavy atom. The molecule has 162 valence electrons. The van der Waals surface area contributed by atoms with Gasteiger partial charge in [-0.05, 0) is 43.3 Å². The fraction of sp³-hybridized carbons (Fsp3) is 0.174. The lowest BCUT2D eigenvalue weighted by molar-refractivity contribution is -0.114. The molecule has 0 saturated heterocycles. The lowest BCUT2D eigenvalue weighted by atomic mass is 10.2. The number of ether oxygens (including phenoxy) is 2. The maximum Gasteiger partial charge on any atom is 0.264 e. The van der Waals surface area contributed by atoms with Gasteiger partial charge in [0.1, 0.15) is 18.0 Å². The van der Waals surface area contributed by atoms with Gasteiger partial charge < -0.3 is 14.8 Å². The Morgan fingerprint density at radius 1 is 0.903 bits per heavy atom. The SMILES string of the molecule is CCOc1ccccc1N(CC(=O)Nc1ccccc1OC)S(=O)(=O)c1ccccc1. The number of carbonyl (C=O) groups is 1. The molecule has 0 unspecified atom stereocenters. The minimum Gasteiger partial charge on any atom is -0.495 e. The van der Waals surface area contributed by atoms with Crippen LogP contribution in [-0.2, 0) is 14.8 Å². The molecule has 1 amide bonds. The lowest BCUT2D eigenvalue weighted by Gasteiger charge is -2.26. The van der Waals surface area contributed by atoms with Crippen molar-refractivity contribution < 1.29 is 22.7 Å². The number of nitrogens with zero attached hydrogens (tertiary/aromatic N) is 1. The number of hydrogen-bond acceptors (Lipinski definition) is 5. The van der Waals surface area contributed by atoms with Gasteiger partial charge in [-0.25, -0.2) is 8.42 Å². The van der Waals surface area contributed by atoms with E-state index in [0.29, 0.717) is 23.8 Å². The Labute approximate surface area is 182 Å². The number of sulfonamides is 1. The second-order valence-corrected chi connectivity index (χ2v) is 8.34. The molecule has 0 aliphatic carbocycles. The van der Waals surface area contributed by atoms with Gasteiger partial charge >= 0.3 is 0 Å². The molecule has 0 radical (unpaired) electrons. The molecule has 0 aromatic heterocycles. The molecule has 0 aliphatic rings. The van der Waals surface area contributed by atoms with Crippen molar-refractivity contribution in [1.29, 1.82) is 0 Å². The molecule has 31 heavy (non-hydrogen) atoms. The molecule has 3 aromatic rings. The topological polar surface area (TPSA) is 84.9 Å². The predicted octanol–water partition coefficient (Wildman–Crippen LogP) is 3.93. The molecule has 0 heterocycles. The predicted molar refractivity (Wildman–Crippen MR) is 120 cm³/mol. The van der Waals surface area contributed by atoms with E-state index in [9.17, 15) is 13.2 Å². The van der Waals surface area contributed by atoms with Gasteiger partial charge in [-0.1, -0.05) is 42.5 Å². The van der Waals surface area contributed by atoms with Crippen molar-refractivity contribution in [3.8, 4) is 11.5 Å². The molecule has 0 fully saturated rings. The van der Waals surface area contributed by atoms with Gasteiger partial charge in [0, 0.05) is 0 Å². The highest BCUT2D eigenvalue weighted by molar-refractivity contribution is 7.92. The van der Waals surface area contributed by atoms with Crippen molar-refractivity contribution >= 4 is 27.3 Å². The summed E-state index contributed by atoms with van der Waals surface area (Å²) in [4.78, 5) is 13.0. The van der Waals surface area contributed by atoms with Gasteiger partial charge in [0.2, 0.25) is 5.91 Å². The summed E-state index contributed by atoms with van der Waals surface area (Å²) in [6, 6.07) is 21.6. The van der Waals surface area contributed by atoms with E-state index >= 15 is 0 Å². The van der Waals surface area contributed by atoms with E-state index in [0.717, 1.165) is 4.31 Å². The standard InChI is InChI=1S/C23H24N2O5S/c1-3-30-22-16-10-8-14-20(22)25(31(27,28)18-11-5-4-6-12-18)17-23(26)24-19-13-7-9-15-21(19)29-2/h4-16H,3,17H2,1-2H3,(H,24,26). The molecule has 0 spiro atoms. The molecule has 3 rings (SSSR count). The van der Waals surface area contributed by atoms with Crippen LogP contribution >= 0.6 is 0 Å². The third-order valence-electron chi connectivity index (χ3n) is 4.43. The summed E-state index contributed by atoms with van der Waals surface area (Å²) in [7, 11) is -2.54. The summed E-state index contributed by atoms with van der Waals surface area (Å²) in [5.74, 6) is 0.327. The van der Waals surface area contributed by atoms with Gasteiger partial charge in [-0.3, -0.25) is 9.10 Å². The molecule has 8 heteroatoms. The summed E-state index contributed by atoms with van der Waals surface area (Å²) in [5, 5.41) is 2.73. The van der Waals surface area contributed by atoms with Crippen molar-refractivity contribution in [2.45, 2.75) is 11.8 Å². The Morgan fingerprint density at radius 3 is 2.19 bits per heavy atom. The quantitative estimate of drug-likeness (QED) is 0.545. The van der Waals surface area contributed by atoms with Crippen molar-refractivity contribution in [3.05, 3.63) is 78.9 Å². The smallest absolute Gasteiger partial charge is 0.264 e. The van der Waals surface area contributed by atoms with Crippen molar-refractivity contribution in [3.63, 3.8) is 0 Å². The maximum absolute atomic E-state index is 13.5. The average Bonchev–Trinajstić information content (AvgIpc) is 2.79. The van der Waals surface area contributed by atoms with Crippen molar-refractivity contribution in [2.24, 2.45) is 0 Å². The zero-order valence-electron chi connectivity index (χ0n) is 17.3. The van der Waals surface area contributed by atoms with Crippen LogP contribution in [0, 0.1) is 0 Å². The third-order valence-corrected chi connectivity index (χ3v) is 6.21. The summed E-state index contributed by atoms with van der Waals surface area (Å²) in [6.07, 6.45) is 0. The number of benzene rings is 3. The van der Waals surface area contributed by atoms with Crippen LogP contribution in [0.2, 0.25) is 0 Å². The van der Waals surface area contributed by atoms with Crippen LogP contribution in [-0.4, -0.2) is 34.6 Å². The van der Waals surface area contributed by atoms with Gasteiger partial charge in [0.05, 0.1) is 30.0 Å². The maximum atomic E-state index is 13.5. The summed E-state index contributed by atoms with van der Waals surface area (Å²) in [5.41, 5.74) is 0.730. The Kier molecular flexibility index (Phi) is 7.15. The van der Waals surface area contributed by atoms with Crippen LogP contribution in [0.3, 0.4) is 0 Å². The first-order valence-electron chi connectivity index (χ1n) is 9.70. The fourth-order valence-electron chi connectivity index (χ4n) is 3.03. The summed E-state index contributed by atoms with van der Waals surface area (Å²) in [6.45, 7) is 1.71. The first-order chi connectivity index (χ1) is 15.0. The molecule has 3 aromatic carbocycles. The number of amides is 1. The van der Waals surface area contributed by atoms with Crippen molar-refractivity contribution in [2.75, 3.05) is 29.9 Å². The number of rotatable bonds is 9. The van der Waals surface area contributed by atoms with E-state index < -0.39 is 22.5 Å². The fourth-order valence-corrected chi connectivity index (χ4v) is 4.48. The minimum absolute atomic E-state index is 0.0754. The highest BCUT2D eigenvalue weighted by Gasteiger charge is 2.29. The lowest BCUT2D eigenvalue weighted by Crippen LogP contribution is -2.38. The summed E-state index contributed by atoms with van der Waals surface area (Å²) >= 11 is 0. The van der Waals surface area contributed by atoms with Gasteiger partial charge in [-0.2, -0.15) is 0 Å². The molecule has 0 bridgehead atoms. The van der Waals surface area contributed by atoms with E-state index in [1.807, 2.05) is 0 Å². The largest absolute Gasteiger partial charge is 0.495 e. The Hall–Kier alpha value is -3.52. The van der Waals surface area contributed by atoms with Crippen LogP contribution in [0.1, 0.15) is 6.92 Å². The molecular weight excluding hydrogens is 416 g/mol. The van der Waals surface area contributed by atoms with E-state index in [1.165, 1.54) is 19.2 Å². The van der Waals surface area contributed by atoms with Crippen LogP contribution in [0.5, 0.6) is 11.5 Å². The average molecular weight is 441 g/mol. The molecule has 7 nitrogen and oxygen atoms in total. The van der Waals surface area contributed by atoms with Gasteiger partial charge in [0.15, 0.2) is 0 Å². The highest BCUT2D eigenvalue weighted by atomic mass is 32.2. The number of anilines is 2. The molecule has 0 aliphatic heterocycles. The summed E-state index contributed by atoms with van der Waals surface area (Å²) < 4.78 is 38.9. The zero-order valence-corrected chi connectivity index (χ0v) is 18.1. The molecular formula is C23H24N2O5S. The highest BCUT2D eigenvalue weighted by Crippen LogP contribution is 2.32. The van der Waals surface area contributed by atoms with E-state index in [4.69, 9.17) is 9.47 Å². The van der Waals surface area contributed by atoms with E-state index in [1.54, 1.807) is 73.7 Å². The molecule has 0 atom stereocenters. The monoisotopic (exact) mass is 440 g/mol. The third kappa shape index (κ3) is 5.16. The first-order valence-corrected chi connectivity index (χ1v) is 11.1. The van der Waals surface area contributed by atoms with Crippen LogP contribution in [0.15, 0.2) is 83.8 Å². The first kappa shape index (κ1) is 22.2. The number of nitrogens with one attached hydrogen (secondary N) is 1. The molecule has 0 saturated carbocycles. The van der Waals surface area contributed by atoms with Gasteiger partial charge in [0.25, 0.3) is 10.0 Å². The number of methoxy groups -OCH3 is 1. The minimum atomic E-state index is -4.04. The normalized spacial score (nSPS) is 10.9. The second-order valence-electron chi connectivity index (χ2n) is 6.47. The Balaban J connectivity index is 2.00. The van der Waals surface area contributed by atoms with Crippen molar-refractivity contribution in [1.82, 2.24) is 0 Å². The van der Waals surface area contributed by atoms with E-state index in [-0.39, 0.29) is 10.6 Å². The van der Waals surface area contributed by atoms with Crippen LogP contribution in [0.25, 0.3) is 0 Å². The zero-order chi connectivity index (χ0) is 22.3. The van der Waals surface area contributed by atoms with Gasteiger partial charge in [-0.15, -0.1) is 0 Å². The second kappa shape index (κ2) is 9.99. The number of carbonyl (C=O) groups excluding carboxylic acids is 1.